The van der Waals surface area contributed by atoms with Crippen molar-refractivity contribution >= 4 is 23.0 Å². The van der Waals surface area contributed by atoms with Gasteiger partial charge in [0.2, 0.25) is 0 Å². The highest BCUT2D eigenvalue weighted by molar-refractivity contribution is 6.07. The number of amides is 1. The lowest BCUT2D eigenvalue weighted by atomic mass is 9.96. The van der Waals surface area contributed by atoms with E-state index in [0.717, 1.165) is 39.9 Å². The Morgan fingerprint density at radius 1 is 1.00 bits per heavy atom. The van der Waals surface area contributed by atoms with Crippen molar-refractivity contribution < 1.29 is 9.53 Å². The van der Waals surface area contributed by atoms with Crippen molar-refractivity contribution in [2.45, 2.75) is 40.0 Å². The molecule has 1 aromatic heterocycles. The summed E-state index contributed by atoms with van der Waals surface area (Å²) in [5.74, 6) is 1.51. The van der Waals surface area contributed by atoms with Crippen molar-refractivity contribution in [1.29, 1.82) is 0 Å². The van der Waals surface area contributed by atoms with E-state index >= 15 is 0 Å². The third kappa shape index (κ3) is 6.16. The number of pyridine rings is 1. The Morgan fingerprint density at radius 3 is 2.42 bits per heavy atom. The number of carbonyl (C=O) groups excluding carboxylic acids is 1. The summed E-state index contributed by atoms with van der Waals surface area (Å²) in [5.41, 5.74) is 7.89. The number of rotatable bonds is 9. The van der Waals surface area contributed by atoms with Crippen molar-refractivity contribution in [3.63, 3.8) is 0 Å². The number of fused-ring (bicyclic) bond motifs is 1. The molecule has 0 fully saturated rings. The second-order valence-corrected chi connectivity index (χ2v) is 9.48. The van der Waals surface area contributed by atoms with Gasteiger partial charge in [-0.05, 0) is 65.8 Å². The van der Waals surface area contributed by atoms with Crippen molar-refractivity contribution in [3.8, 4) is 17.0 Å². The van der Waals surface area contributed by atoms with Crippen molar-refractivity contribution in [3.05, 3.63) is 95.6 Å². The number of nitrogens with one attached hydrogen (secondary N) is 1. The Bertz CT molecular complexity index is 1340. The van der Waals surface area contributed by atoms with E-state index in [-0.39, 0.29) is 5.91 Å². The predicted molar refractivity (Wildman–Crippen MR) is 148 cm³/mol. The zero-order chi connectivity index (χ0) is 25.5. The summed E-state index contributed by atoms with van der Waals surface area (Å²) < 4.78 is 5.72. The summed E-state index contributed by atoms with van der Waals surface area (Å²) in [6, 6.07) is 25.6. The zero-order valence-electron chi connectivity index (χ0n) is 21.4. The third-order valence-corrected chi connectivity index (χ3v) is 6.19. The number of hydrogen-bond acceptors (Lipinski definition) is 4. The van der Waals surface area contributed by atoms with Crippen molar-refractivity contribution in [2.24, 2.45) is 11.0 Å². The maximum Gasteiger partial charge on any atom is 0.272 e. The van der Waals surface area contributed by atoms with E-state index in [2.05, 4.69) is 62.5 Å². The van der Waals surface area contributed by atoms with E-state index < -0.39 is 0 Å². The fourth-order valence-corrected chi connectivity index (χ4v) is 3.87. The molecular weight excluding hydrogens is 446 g/mol. The van der Waals surface area contributed by atoms with Crippen LogP contribution >= 0.6 is 0 Å². The first kappa shape index (κ1) is 25.1. The van der Waals surface area contributed by atoms with Crippen LogP contribution in [0.2, 0.25) is 0 Å². The first-order valence-electron chi connectivity index (χ1n) is 12.5. The van der Waals surface area contributed by atoms with E-state index in [1.165, 1.54) is 5.56 Å². The van der Waals surface area contributed by atoms with E-state index in [1.54, 1.807) is 6.21 Å². The number of carbonyl (C=O) groups is 1. The molecule has 5 heteroatoms. The van der Waals surface area contributed by atoms with Crippen LogP contribution in [0.4, 0.5) is 0 Å². The molecule has 0 spiro atoms. The van der Waals surface area contributed by atoms with E-state index in [4.69, 9.17) is 9.72 Å². The highest BCUT2D eigenvalue weighted by Gasteiger charge is 2.14. The van der Waals surface area contributed by atoms with Crippen LogP contribution in [0.25, 0.3) is 22.2 Å². The van der Waals surface area contributed by atoms with Crippen LogP contribution in [0.1, 0.15) is 61.5 Å². The van der Waals surface area contributed by atoms with Crippen LogP contribution in [0, 0.1) is 5.92 Å². The van der Waals surface area contributed by atoms with Gasteiger partial charge in [0.25, 0.3) is 5.91 Å². The fraction of sp³-hybridized carbons (Fsp3) is 0.258. The van der Waals surface area contributed by atoms with Gasteiger partial charge < -0.3 is 4.74 Å². The molecule has 3 aromatic carbocycles. The molecule has 4 rings (SSSR count). The number of para-hydroxylation sites is 1. The number of benzene rings is 3. The molecule has 1 atom stereocenters. The Morgan fingerprint density at radius 2 is 1.72 bits per heavy atom. The van der Waals surface area contributed by atoms with Gasteiger partial charge in [0.1, 0.15) is 5.75 Å². The SMILES string of the molecule is CCC(C)c1ccc(-c2cc(C(=O)N/N=C/c3ccc(OCC(C)C)cc3)c3ccccc3n2)cc1. The minimum absolute atomic E-state index is 0.279. The van der Waals surface area contributed by atoms with Gasteiger partial charge in [0, 0.05) is 10.9 Å². The van der Waals surface area contributed by atoms with Gasteiger partial charge in [0.05, 0.1) is 29.6 Å². The normalized spacial score (nSPS) is 12.2. The quantitative estimate of drug-likeness (QED) is 0.204. The van der Waals surface area contributed by atoms with Gasteiger partial charge in [-0.3, -0.25) is 4.79 Å². The summed E-state index contributed by atoms with van der Waals surface area (Å²) in [6.07, 6.45) is 2.72. The Balaban J connectivity index is 1.53. The molecule has 0 aliphatic rings. The van der Waals surface area contributed by atoms with E-state index in [9.17, 15) is 4.79 Å². The van der Waals surface area contributed by atoms with Crippen LogP contribution < -0.4 is 10.2 Å². The van der Waals surface area contributed by atoms with Crippen LogP contribution in [0.3, 0.4) is 0 Å². The monoisotopic (exact) mass is 479 g/mol. The van der Waals surface area contributed by atoms with E-state index in [1.807, 2.05) is 54.6 Å². The van der Waals surface area contributed by atoms with Crippen molar-refractivity contribution in [2.75, 3.05) is 6.61 Å². The Hall–Kier alpha value is -3.99. The molecule has 0 saturated carbocycles. The molecule has 5 nitrogen and oxygen atoms in total. The molecule has 4 aromatic rings. The topological polar surface area (TPSA) is 63.6 Å². The zero-order valence-corrected chi connectivity index (χ0v) is 21.4. The maximum atomic E-state index is 13.1. The average molecular weight is 480 g/mol. The lowest BCUT2D eigenvalue weighted by molar-refractivity contribution is 0.0956. The highest BCUT2D eigenvalue weighted by Crippen LogP contribution is 2.27. The van der Waals surface area contributed by atoms with Gasteiger partial charge in [-0.25, -0.2) is 10.4 Å². The predicted octanol–water partition coefficient (Wildman–Crippen LogP) is 7.21. The largest absolute Gasteiger partial charge is 0.493 e. The van der Waals surface area contributed by atoms with Gasteiger partial charge in [-0.2, -0.15) is 5.10 Å². The molecule has 0 aliphatic carbocycles. The molecule has 184 valence electrons. The van der Waals surface area contributed by atoms with Crippen LogP contribution in [0.15, 0.2) is 84.0 Å². The molecule has 1 amide bonds. The summed E-state index contributed by atoms with van der Waals surface area (Å²) in [7, 11) is 0. The van der Waals surface area contributed by atoms with Gasteiger partial charge in [-0.1, -0.05) is 70.2 Å². The summed E-state index contributed by atoms with van der Waals surface area (Å²) >= 11 is 0. The number of hydrogen-bond donors (Lipinski definition) is 1. The lowest BCUT2D eigenvalue weighted by Crippen LogP contribution is -2.18. The summed E-state index contributed by atoms with van der Waals surface area (Å²) in [5, 5.41) is 4.97. The molecule has 36 heavy (non-hydrogen) atoms. The highest BCUT2D eigenvalue weighted by atomic mass is 16.5. The molecule has 0 bridgehead atoms. The minimum atomic E-state index is -0.279. The number of ether oxygens (including phenoxy) is 1. The fourth-order valence-electron chi connectivity index (χ4n) is 3.87. The maximum absolute atomic E-state index is 13.1. The summed E-state index contributed by atoms with van der Waals surface area (Å²) in [4.78, 5) is 18.0. The van der Waals surface area contributed by atoms with Crippen molar-refractivity contribution in [1.82, 2.24) is 10.4 Å². The van der Waals surface area contributed by atoms with Gasteiger partial charge in [-0.15, -0.1) is 0 Å². The minimum Gasteiger partial charge on any atom is -0.493 e. The third-order valence-electron chi connectivity index (χ3n) is 6.19. The molecule has 0 aliphatic heterocycles. The summed E-state index contributed by atoms with van der Waals surface area (Å²) in [6.45, 7) is 9.31. The first-order chi connectivity index (χ1) is 17.4. The number of aromatic nitrogens is 1. The Kier molecular flexibility index (Phi) is 8.11. The first-order valence-corrected chi connectivity index (χ1v) is 12.5. The molecular formula is C31H33N3O2. The molecule has 0 saturated heterocycles. The molecule has 1 heterocycles. The van der Waals surface area contributed by atoms with E-state index in [0.29, 0.717) is 24.0 Å². The van der Waals surface area contributed by atoms with Gasteiger partial charge >= 0.3 is 0 Å². The number of hydrazone groups is 1. The molecule has 1 N–H and O–H groups in total. The van der Waals surface area contributed by atoms with Crippen LogP contribution in [-0.4, -0.2) is 23.7 Å². The van der Waals surface area contributed by atoms with Crippen LogP contribution in [0.5, 0.6) is 5.75 Å². The van der Waals surface area contributed by atoms with Crippen LogP contribution in [-0.2, 0) is 0 Å². The van der Waals surface area contributed by atoms with Gasteiger partial charge in [0.15, 0.2) is 0 Å². The second-order valence-electron chi connectivity index (χ2n) is 9.48. The smallest absolute Gasteiger partial charge is 0.272 e. The second kappa shape index (κ2) is 11.6. The Labute approximate surface area is 213 Å². The average Bonchev–Trinajstić information content (AvgIpc) is 2.91. The lowest BCUT2D eigenvalue weighted by Gasteiger charge is -2.11. The molecule has 0 radical (unpaired) electrons. The molecule has 1 unspecified atom stereocenters. The number of nitrogens with zero attached hydrogens (tertiary/aromatic N) is 2. The standard InChI is InChI=1S/C31H33N3O2/c1-5-22(4)24-12-14-25(15-13-24)30-18-28(27-8-6-7-9-29(27)33-30)31(35)34-32-19-23-10-16-26(17-11-23)36-20-21(2)3/h6-19,21-22H,5,20H2,1-4H3,(H,34,35)/b32-19+.